The number of nitrogens with zero attached hydrogens (tertiary/aromatic N) is 6. The van der Waals surface area contributed by atoms with E-state index in [-0.39, 0.29) is 5.56 Å². The third-order valence-electron chi connectivity index (χ3n) is 4.52. The van der Waals surface area contributed by atoms with Gasteiger partial charge >= 0.3 is 0 Å². The number of rotatable bonds is 3. The van der Waals surface area contributed by atoms with Gasteiger partial charge in [-0.05, 0) is 36.8 Å². The predicted octanol–water partition coefficient (Wildman–Crippen LogP) is 3.05. The van der Waals surface area contributed by atoms with Gasteiger partial charge in [0, 0.05) is 5.39 Å². The molecule has 3 heterocycles. The van der Waals surface area contributed by atoms with Crippen molar-refractivity contribution >= 4 is 39.2 Å². The molecule has 7 nitrogen and oxygen atoms in total. The Morgan fingerprint density at radius 1 is 0.963 bits per heavy atom. The van der Waals surface area contributed by atoms with Crippen LogP contribution in [0.25, 0.3) is 27.5 Å². The number of para-hydroxylation sites is 1. The van der Waals surface area contributed by atoms with Crippen LogP contribution in [0.2, 0.25) is 0 Å². The first kappa shape index (κ1) is 16.0. The quantitative estimate of drug-likeness (QED) is 0.452. The highest BCUT2D eigenvalue weighted by molar-refractivity contribution is 7.98. The van der Waals surface area contributed by atoms with Crippen molar-refractivity contribution in [3.05, 3.63) is 70.5 Å². The maximum atomic E-state index is 12.6. The molecule has 0 fully saturated rings. The molecule has 0 saturated carbocycles. The first-order valence-corrected chi connectivity index (χ1v) is 9.40. The molecule has 0 N–H and O–H groups in total. The number of benzene rings is 2. The summed E-state index contributed by atoms with van der Waals surface area (Å²) in [6.07, 6.45) is 0. The van der Waals surface area contributed by atoms with Crippen LogP contribution in [0, 0.1) is 6.92 Å². The van der Waals surface area contributed by atoms with Gasteiger partial charge in [-0.15, -0.1) is 15.3 Å². The lowest BCUT2D eigenvalue weighted by molar-refractivity contribution is 0.643. The van der Waals surface area contributed by atoms with E-state index in [1.807, 2.05) is 40.8 Å². The fraction of sp³-hybridized carbons (Fsp3) is 0.105. The standard InChI is InChI=1S/C19H14N6OS/c1-12-10-17-21-22-19(25(17)16-9-5-3-6-13(12)16)27-11-24-18(26)14-7-2-4-8-15(14)20-23-24/h2-10H,11H2,1H3. The van der Waals surface area contributed by atoms with Crippen LogP contribution in [-0.2, 0) is 5.88 Å². The second-order valence-electron chi connectivity index (χ2n) is 6.21. The van der Waals surface area contributed by atoms with Gasteiger partial charge in [-0.25, -0.2) is 0 Å². The summed E-state index contributed by atoms with van der Waals surface area (Å²) in [5.74, 6) is 0.305. The molecule has 27 heavy (non-hydrogen) atoms. The molecule has 3 aromatic heterocycles. The third kappa shape index (κ3) is 2.57. The number of thioether (sulfide) groups is 1. The molecule has 0 unspecified atom stereocenters. The fourth-order valence-corrected chi connectivity index (χ4v) is 4.02. The van der Waals surface area contributed by atoms with Crippen molar-refractivity contribution in [2.75, 3.05) is 0 Å². The summed E-state index contributed by atoms with van der Waals surface area (Å²) in [6, 6.07) is 17.4. The zero-order chi connectivity index (χ0) is 18.4. The van der Waals surface area contributed by atoms with Gasteiger partial charge in [-0.3, -0.25) is 9.20 Å². The van der Waals surface area contributed by atoms with Crippen molar-refractivity contribution < 1.29 is 0 Å². The minimum absolute atomic E-state index is 0.164. The van der Waals surface area contributed by atoms with Gasteiger partial charge in [0.25, 0.3) is 5.56 Å². The van der Waals surface area contributed by atoms with Crippen LogP contribution in [0.4, 0.5) is 0 Å². The second-order valence-corrected chi connectivity index (χ2v) is 7.12. The molecule has 5 rings (SSSR count). The molecule has 8 heteroatoms. The van der Waals surface area contributed by atoms with E-state index in [9.17, 15) is 4.79 Å². The first-order chi connectivity index (χ1) is 13.2. The summed E-state index contributed by atoms with van der Waals surface area (Å²) < 4.78 is 3.36. The molecule has 2 aromatic carbocycles. The molecule has 0 radical (unpaired) electrons. The predicted molar refractivity (Wildman–Crippen MR) is 105 cm³/mol. The Balaban J connectivity index is 1.57. The highest BCUT2D eigenvalue weighted by atomic mass is 32.2. The Bertz CT molecular complexity index is 1370. The number of fused-ring (bicyclic) bond motifs is 4. The van der Waals surface area contributed by atoms with Crippen molar-refractivity contribution in [1.29, 1.82) is 0 Å². The average molecular weight is 374 g/mol. The molecular formula is C19H14N6OS. The van der Waals surface area contributed by atoms with Gasteiger partial charge in [0.05, 0.1) is 16.8 Å². The van der Waals surface area contributed by atoms with E-state index >= 15 is 0 Å². The summed E-state index contributed by atoms with van der Waals surface area (Å²) >= 11 is 1.40. The van der Waals surface area contributed by atoms with Crippen LogP contribution in [-0.4, -0.2) is 29.6 Å². The Labute approximate surface area is 157 Å². The van der Waals surface area contributed by atoms with E-state index in [0.717, 1.165) is 22.1 Å². The summed E-state index contributed by atoms with van der Waals surface area (Å²) in [7, 11) is 0. The van der Waals surface area contributed by atoms with Crippen LogP contribution in [0.3, 0.4) is 0 Å². The molecule has 0 spiro atoms. The zero-order valence-corrected chi connectivity index (χ0v) is 15.2. The molecule has 0 aliphatic rings. The number of hydrogen-bond donors (Lipinski definition) is 0. The third-order valence-corrected chi connectivity index (χ3v) is 5.42. The normalized spacial score (nSPS) is 11.6. The number of aromatic nitrogens is 6. The van der Waals surface area contributed by atoms with Crippen molar-refractivity contribution in [1.82, 2.24) is 29.6 Å². The molecule has 0 bridgehead atoms. The number of aryl methyl sites for hydroxylation is 1. The van der Waals surface area contributed by atoms with Crippen molar-refractivity contribution in [2.45, 2.75) is 18.0 Å². The molecule has 0 aliphatic carbocycles. The lowest BCUT2D eigenvalue weighted by Crippen LogP contribution is -2.23. The van der Waals surface area contributed by atoms with Gasteiger partial charge in [0.15, 0.2) is 10.8 Å². The Morgan fingerprint density at radius 2 is 1.74 bits per heavy atom. The lowest BCUT2D eigenvalue weighted by Gasteiger charge is -2.07. The fourth-order valence-electron chi connectivity index (χ4n) is 3.20. The van der Waals surface area contributed by atoms with E-state index in [0.29, 0.717) is 21.9 Å². The molecule has 132 valence electrons. The maximum absolute atomic E-state index is 12.6. The highest BCUT2D eigenvalue weighted by Crippen LogP contribution is 2.26. The Morgan fingerprint density at radius 3 is 2.63 bits per heavy atom. The largest absolute Gasteiger partial charge is 0.278 e. The van der Waals surface area contributed by atoms with Crippen LogP contribution in [0.15, 0.2) is 64.5 Å². The van der Waals surface area contributed by atoms with Gasteiger partial charge in [0.1, 0.15) is 5.52 Å². The highest BCUT2D eigenvalue weighted by Gasteiger charge is 2.13. The van der Waals surface area contributed by atoms with Crippen molar-refractivity contribution in [2.24, 2.45) is 0 Å². The maximum Gasteiger partial charge on any atom is 0.278 e. The van der Waals surface area contributed by atoms with Gasteiger partial charge in [0.2, 0.25) is 0 Å². The lowest BCUT2D eigenvalue weighted by atomic mass is 10.1. The van der Waals surface area contributed by atoms with Crippen molar-refractivity contribution in [3.63, 3.8) is 0 Å². The molecule has 0 atom stereocenters. The van der Waals surface area contributed by atoms with Gasteiger partial charge in [-0.2, -0.15) is 4.68 Å². The van der Waals surface area contributed by atoms with Crippen molar-refractivity contribution in [3.8, 4) is 0 Å². The topological polar surface area (TPSA) is 78.0 Å². The molecular weight excluding hydrogens is 360 g/mol. The minimum atomic E-state index is -0.164. The van der Waals surface area contributed by atoms with Crippen LogP contribution >= 0.6 is 11.8 Å². The number of hydrogen-bond acceptors (Lipinski definition) is 6. The van der Waals surface area contributed by atoms with E-state index in [2.05, 4.69) is 33.5 Å². The van der Waals surface area contributed by atoms with Crippen LogP contribution < -0.4 is 5.56 Å². The molecule has 0 aliphatic heterocycles. The summed E-state index contributed by atoms with van der Waals surface area (Å²) in [5, 5.41) is 19.2. The Hall–Kier alpha value is -3.26. The number of pyridine rings is 1. The summed E-state index contributed by atoms with van der Waals surface area (Å²) in [4.78, 5) is 12.6. The summed E-state index contributed by atoms with van der Waals surface area (Å²) in [6.45, 7) is 2.06. The monoisotopic (exact) mass is 374 g/mol. The van der Waals surface area contributed by atoms with E-state index in [1.165, 1.54) is 16.4 Å². The van der Waals surface area contributed by atoms with Gasteiger partial charge < -0.3 is 0 Å². The molecule has 0 amide bonds. The van der Waals surface area contributed by atoms with E-state index < -0.39 is 0 Å². The first-order valence-electron chi connectivity index (χ1n) is 8.41. The Kier molecular flexibility index (Phi) is 3.64. The zero-order valence-electron chi connectivity index (χ0n) is 14.4. The van der Waals surface area contributed by atoms with Gasteiger partial charge in [-0.1, -0.05) is 47.3 Å². The molecule has 0 saturated heterocycles. The van der Waals surface area contributed by atoms with E-state index in [1.54, 1.807) is 12.1 Å². The van der Waals surface area contributed by atoms with Crippen LogP contribution in [0.1, 0.15) is 5.56 Å². The molecule has 5 aromatic rings. The summed E-state index contributed by atoms with van der Waals surface area (Å²) in [5.41, 5.74) is 3.40. The second kappa shape index (κ2) is 6.17. The minimum Gasteiger partial charge on any atom is -0.270 e. The smallest absolute Gasteiger partial charge is 0.270 e. The van der Waals surface area contributed by atoms with Crippen LogP contribution in [0.5, 0.6) is 0 Å². The SMILES string of the molecule is Cc1cc2nnc(SCn3nnc4ccccc4c3=O)n2c2ccccc12. The van der Waals surface area contributed by atoms with E-state index in [4.69, 9.17) is 0 Å². The average Bonchev–Trinajstić information content (AvgIpc) is 3.11.